The van der Waals surface area contributed by atoms with E-state index in [0.29, 0.717) is 0 Å². The lowest BCUT2D eigenvalue weighted by Gasteiger charge is -2.15. The van der Waals surface area contributed by atoms with Gasteiger partial charge in [0.25, 0.3) is 0 Å². The molecule has 104 valence electrons. The van der Waals surface area contributed by atoms with Gasteiger partial charge in [-0.05, 0) is 26.1 Å². The molecule has 1 atom stereocenters. The number of aromatic nitrogens is 4. The monoisotopic (exact) mass is 269 g/mol. The van der Waals surface area contributed by atoms with Gasteiger partial charge in [0.1, 0.15) is 0 Å². The molecular weight excluding hydrogens is 250 g/mol. The van der Waals surface area contributed by atoms with E-state index < -0.39 is 0 Å². The Kier molecular flexibility index (Phi) is 3.52. The molecule has 1 unspecified atom stereocenters. The number of likely N-dealkylation sites (N-methyl/N-ethyl adjacent to an activating group) is 1. The fourth-order valence-corrected chi connectivity index (χ4v) is 2.45. The van der Waals surface area contributed by atoms with Crippen molar-refractivity contribution in [2.75, 3.05) is 7.05 Å². The summed E-state index contributed by atoms with van der Waals surface area (Å²) < 4.78 is 4.13. The first-order valence-electron chi connectivity index (χ1n) is 6.91. The minimum absolute atomic E-state index is 0.230. The van der Waals surface area contributed by atoms with Crippen LogP contribution in [0.4, 0.5) is 0 Å². The van der Waals surface area contributed by atoms with E-state index in [1.165, 1.54) is 5.56 Å². The Bertz CT molecular complexity index is 697. The Hall–Kier alpha value is -2.14. The van der Waals surface area contributed by atoms with Crippen molar-refractivity contribution in [1.82, 2.24) is 24.6 Å². The van der Waals surface area contributed by atoms with Gasteiger partial charge < -0.3 is 9.88 Å². The minimum Gasteiger partial charge on any atom is -0.329 e. The van der Waals surface area contributed by atoms with Crippen LogP contribution in [0.1, 0.15) is 18.5 Å². The van der Waals surface area contributed by atoms with Crippen molar-refractivity contribution < 1.29 is 0 Å². The zero-order valence-corrected chi connectivity index (χ0v) is 11.8. The van der Waals surface area contributed by atoms with E-state index in [9.17, 15) is 0 Å². The van der Waals surface area contributed by atoms with Gasteiger partial charge in [-0.25, -0.2) is 4.98 Å². The first kappa shape index (κ1) is 12.9. The Labute approximate surface area is 118 Å². The summed E-state index contributed by atoms with van der Waals surface area (Å²) in [5.74, 6) is 0. The van der Waals surface area contributed by atoms with Crippen LogP contribution in [0.25, 0.3) is 11.0 Å². The topological polar surface area (TPSA) is 47.7 Å². The summed E-state index contributed by atoms with van der Waals surface area (Å²) in [6.07, 6.45) is 5.93. The summed E-state index contributed by atoms with van der Waals surface area (Å²) in [4.78, 5) is 4.44. The van der Waals surface area contributed by atoms with Crippen LogP contribution in [0.5, 0.6) is 0 Å². The predicted molar refractivity (Wildman–Crippen MR) is 79.4 cm³/mol. The third-order valence-electron chi connectivity index (χ3n) is 3.63. The highest BCUT2D eigenvalue weighted by molar-refractivity contribution is 5.74. The van der Waals surface area contributed by atoms with Crippen molar-refractivity contribution >= 4 is 11.0 Å². The quantitative estimate of drug-likeness (QED) is 0.772. The molecule has 0 radical (unpaired) electrons. The molecule has 0 aliphatic rings. The van der Waals surface area contributed by atoms with Crippen molar-refractivity contribution in [1.29, 1.82) is 0 Å². The Morgan fingerprint density at radius 1 is 1.30 bits per heavy atom. The van der Waals surface area contributed by atoms with Crippen LogP contribution in [-0.4, -0.2) is 26.4 Å². The van der Waals surface area contributed by atoms with Gasteiger partial charge in [0.2, 0.25) is 0 Å². The number of imidazole rings is 1. The van der Waals surface area contributed by atoms with Crippen molar-refractivity contribution in [3.8, 4) is 0 Å². The average Bonchev–Trinajstić information content (AvgIpc) is 3.11. The molecule has 5 heteroatoms. The van der Waals surface area contributed by atoms with E-state index in [1.807, 2.05) is 42.5 Å². The number of hydrogen-bond acceptors (Lipinski definition) is 3. The van der Waals surface area contributed by atoms with Crippen molar-refractivity contribution in [2.45, 2.75) is 26.1 Å². The van der Waals surface area contributed by atoms with Crippen LogP contribution >= 0.6 is 0 Å². The Balaban J connectivity index is 1.87. The molecule has 0 saturated carbocycles. The van der Waals surface area contributed by atoms with Gasteiger partial charge in [-0.2, -0.15) is 5.10 Å². The molecular formula is C15H19N5. The highest BCUT2D eigenvalue weighted by Gasteiger charge is 2.13. The standard InChI is InChI=1S/C15H19N5/c1-3-20-9-12(8-18-20)14(16-2)10-19-11-17-13-6-4-5-7-15(13)19/h4-9,11,14,16H,3,10H2,1-2H3. The second kappa shape index (κ2) is 5.46. The molecule has 2 aromatic heterocycles. The first-order valence-corrected chi connectivity index (χ1v) is 6.91. The highest BCUT2D eigenvalue weighted by atomic mass is 15.3. The molecule has 3 rings (SSSR count). The molecule has 5 nitrogen and oxygen atoms in total. The number of nitrogens with zero attached hydrogens (tertiary/aromatic N) is 4. The molecule has 1 N–H and O–H groups in total. The Morgan fingerprint density at radius 3 is 2.90 bits per heavy atom. The maximum atomic E-state index is 4.44. The lowest BCUT2D eigenvalue weighted by atomic mass is 10.1. The van der Waals surface area contributed by atoms with Gasteiger partial charge in [-0.15, -0.1) is 0 Å². The summed E-state index contributed by atoms with van der Waals surface area (Å²) in [5.41, 5.74) is 3.40. The first-order chi connectivity index (χ1) is 9.81. The van der Waals surface area contributed by atoms with Gasteiger partial charge in [0.05, 0.1) is 29.6 Å². The van der Waals surface area contributed by atoms with E-state index in [0.717, 1.165) is 24.1 Å². The molecule has 20 heavy (non-hydrogen) atoms. The molecule has 0 bridgehead atoms. The normalized spacial score (nSPS) is 12.9. The van der Waals surface area contributed by atoms with Crippen LogP contribution in [0.15, 0.2) is 43.0 Å². The fraction of sp³-hybridized carbons (Fsp3) is 0.333. The lowest BCUT2D eigenvalue weighted by molar-refractivity contribution is 0.507. The number of nitrogens with one attached hydrogen (secondary N) is 1. The zero-order chi connectivity index (χ0) is 13.9. The van der Waals surface area contributed by atoms with Gasteiger partial charge in [-0.3, -0.25) is 4.68 Å². The Morgan fingerprint density at radius 2 is 2.15 bits per heavy atom. The van der Waals surface area contributed by atoms with Crippen LogP contribution in [0.3, 0.4) is 0 Å². The molecule has 0 amide bonds. The average molecular weight is 269 g/mol. The minimum atomic E-state index is 0.230. The zero-order valence-electron chi connectivity index (χ0n) is 11.8. The van der Waals surface area contributed by atoms with Crippen molar-refractivity contribution in [3.05, 3.63) is 48.5 Å². The molecule has 1 aromatic carbocycles. The van der Waals surface area contributed by atoms with Crippen LogP contribution in [0, 0.1) is 0 Å². The highest BCUT2D eigenvalue weighted by Crippen LogP contribution is 2.18. The van der Waals surface area contributed by atoms with Crippen LogP contribution in [-0.2, 0) is 13.1 Å². The maximum absolute atomic E-state index is 4.44. The summed E-state index contributed by atoms with van der Waals surface area (Å²) in [7, 11) is 1.98. The largest absolute Gasteiger partial charge is 0.329 e. The number of benzene rings is 1. The SMILES string of the molecule is CCn1cc(C(Cn2cnc3ccccc32)NC)cn1. The van der Waals surface area contributed by atoms with E-state index in [2.05, 4.69) is 39.2 Å². The van der Waals surface area contributed by atoms with Gasteiger partial charge in [0.15, 0.2) is 0 Å². The lowest BCUT2D eigenvalue weighted by Crippen LogP contribution is -2.21. The summed E-state index contributed by atoms with van der Waals surface area (Å²) in [6.45, 7) is 3.82. The molecule has 3 aromatic rings. The molecule has 0 aliphatic heterocycles. The third-order valence-corrected chi connectivity index (χ3v) is 3.63. The van der Waals surface area contributed by atoms with E-state index in [4.69, 9.17) is 0 Å². The summed E-state index contributed by atoms with van der Waals surface area (Å²) >= 11 is 0. The second-order valence-electron chi connectivity index (χ2n) is 4.86. The van der Waals surface area contributed by atoms with E-state index in [-0.39, 0.29) is 6.04 Å². The van der Waals surface area contributed by atoms with Crippen LogP contribution < -0.4 is 5.32 Å². The molecule has 0 saturated heterocycles. The number of rotatable bonds is 5. The van der Waals surface area contributed by atoms with Crippen molar-refractivity contribution in [3.63, 3.8) is 0 Å². The van der Waals surface area contributed by atoms with Crippen LogP contribution in [0.2, 0.25) is 0 Å². The third kappa shape index (κ3) is 2.32. The number of aryl methyl sites for hydroxylation is 1. The summed E-state index contributed by atoms with van der Waals surface area (Å²) in [5, 5.41) is 7.70. The number of para-hydroxylation sites is 2. The van der Waals surface area contributed by atoms with E-state index >= 15 is 0 Å². The van der Waals surface area contributed by atoms with Crippen molar-refractivity contribution in [2.24, 2.45) is 0 Å². The fourth-order valence-electron chi connectivity index (χ4n) is 2.45. The summed E-state index contributed by atoms with van der Waals surface area (Å²) in [6, 6.07) is 8.43. The maximum Gasteiger partial charge on any atom is 0.0958 e. The smallest absolute Gasteiger partial charge is 0.0958 e. The predicted octanol–water partition coefficient (Wildman–Crippen LogP) is 2.21. The van der Waals surface area contributed by atoms with Gasteiger partial charge in [-0.1, -0.05) is 12.1 Å². The molecule has 0 spiro atoms. The van der Waals surface area contributed by atoms with Gasteiger partial charge in [0, 0.05) is 24.8 Å². The molecule has 0 fully saturated rings. The molecule has 0 aliphatic carbocycles. The number of fused-ring (bicyclic) bond motifs is 1. The van der Waals surface area contributed by atoms with E-state index in [1.54, 1.807) is 0 Å². The van der Waals surface area contributed by atoms with Gasteiger partial charge >= 0.3 is 0 Å². The molecule has 2 heterocycles. The second-order valence-corrected chi connectivity index (χ2v) is 4.86. The number of hydrogen-bond donors (Lipinski definition) is 1.